The molecular formula is C17H24N2S. The van der Waals surface area contributed by atoms with Gasteiger partial charge in [-0.3, -0.25) is 0 Å². The van der Waals surface area contributed by atoms with E-state index >= 15 is 0 Å². The Morgan fingerprint density at radius 2 is 1.95 bits per heavy atom. The fraction of sp³-hybridized carbons (Fsp3) is 0.471. The van der Waals surface area contributed by atoms with E-state index in [4.69, 9.17) is 4.98 Å². The molecule has 108 valence electrons. The predicted octanol–water partition coefficient (Wildman–Crippen LogP) is 4.48. The second kappa shape index (κ2) is 7.55. The van der Waals surface area contributed by atoms with Crippen molar-refractivity contribution in [2.75, 3.05) is 13.1 Å². The molecule has 0 bridgehead atoms. The van der Waals surface area contributed by atoms with Crippen LogP contribution in [0.4, 0.5) is 0 Å². The third-order valence-electron chi connectivity index (χ3n) is 3.57. The molecule has 0 spiro atoms. The summed E-state index contributed by atoms with van der Waals surface area (Å²) in [5.74, 6) is 0.551. The van der Waals surface area contributed by atoms with Crippen molar-refractivity contribution in [3.05, 3.63) is 40.2 Å². The van der Waals surface area contributed by atoms with Crippen LogP contribution >= 0.6 is 11.3 Å². The number of aromatic nitrogens is 1. The van der Waals surface area contributed by atoms with E-state index in [1.165, 1.54) is 21.1 Å². The van der Waals surface area contributed by atoms with Crippen LogP contribution in [-0.4, -0.2) is 18.1 Å². The lowest BCUT2D eigenvalue weighted by Crippen LogP contribution is -2.15. The van der Waals surface area contributed by atoms with Crippen LogP contribution in [0.25, 0.3) is 11.3 Å². The van der Waals surface area contributed by atoms with Crippen molar-refractivity contribution < 1.29 is 0 Å². The Kier molecular flexibility index (Phi) is 5.74. The molecule has 0 aliphatic heterocycles. The van der Waals surface area contributed by atoms with Gasteiger partial charge in [0.25, 0.3) is 0 Å². The Morgan fingerprint density at radius 3 is 2.60 bits per heavy atom. The van der Waals surface area contributed by atoms with Gasteiger partial charge in [0.05, 0.1) is 10.7 Å². The first kappa shape index (κ1) is 15.2. The van der Waals surface area contributed by atoms with Crippen molar-refractivity contribution in [2.45, 2.75) is 39.5 Å². The summed E-state index contributed by atoms with van der Waals surface area (Å²) in [6.07, 6.45) is 2.21. The topological polar surface area (TPSA) is 24.9 Å². The molecule has 3 heteroatoms. The van der Waals surface area contributed by atoms with Crippen LogP contribution in [0.3, 0.4) is 0 Å². The monoisotopic (exact) mass is 288 g/mol. The Morgan fingerprint density at radius 1 is 1.20 bits per heavy atom. The largest absolute Gasteiger partial charge is 0.317 e. The molecule has 0 amide bonds. The molecule has 1 N–H and O–H groups in total. The van der Waals surface area contributed by atoms with Crippen molar-refractivity contribution in [2.24, 2.45) is 0 Å². The lowest BCUT2D eigenvalue weighted by molar-refractivity contribution is 0.720. The van der Waals surface area contributed by atoms with Gasteiger partial charge in [-0.1, -0.05) is 51.1 Å². The number of nitrogens with zero attached hydrogens (tertiary/aromatic N) is 1. The van der Waals surface area contributed by atoms with E-state index in [1.807, 2.05) is 11.3 Å². The number of thiazole rings is 1. The Balaban J connectivity index is 2.29. The summed E-state index contributed by atoms with van der Waals surface area (Å²) in [4.78, 5) is 6.33. The van der Waals surface area contributed by atoms with Crippen LogP contribution in [0, 0.1) is 0 Å². The highest BCUT2D eigenvalue weighted by atomic mass is 32.1. The average molecular weight is 288 g/mol. The second-order valence-corrected chi connectivity index (χ2v) is 6.22. The van der Waals surface area contributed by atoms with Gasteiger partial charge in [-0.25, -0.2) is 4.98 Å². The predicted molar refractivity (Wildman–Crippen MR) is 88.5 cm³/mol. The number of hydrogen-bond donors (Lipinski definition) is 1. The molecule has 2 nitrogen and oxygen atoms in total. The number of rotatable bonds is 7. The minimum absolute atomic E-state index is 0.551. The molecule has 2 rings (SSSR count). The summed E-state index contributed by atoms with van der Waals surface area (Å²) in [6, 6.07) is 10.6. The molecule has 1 unspecified atom stereocenters. The van der Waals surface area contributed by atoms with E-state index in [0.717, 1.165) is 25.9 Å². The molecular weight excluding hydrogens is 264 g/mol. The zero-order valence-corrected chi connectivity index (χ0v) is 13.5. The lowest BCUT2D eigenvalue weighted by atomic mass is 10.1. The summed E-state index contributed by atoms with van der Waals surface area (Å²) in [7, 11) is 0. The van der Waals surface area contributed by atoms with Gasteiger partial charge in [0.15, 0.2) is 0 Å². The van der Waals surface area contributed by atoms with E-state index in [2.05, 4.69) is 56.4 Å². The van der Waals surface area contributed by atoms with Gasteiger partial charge in [-0.15, -0.1) is 11.3 Å². The molecule has 1 heterocycles. The lowest BCUT2D eigenvalue weighted by Gasteiger charge is -2.03. The Hall–Kier alpha value is -1.19. The standard InChI is InChI=1S/C17H24N2S/c1-4-13(3)17-19-16(14-9-7-6-8-10-14)15(20-17)11-12-18-5-2/h6-10,13,18H,4-5,11-12H2,1-3H3. The van der Waals surface area contributed by atoms with Crippen LogP contribution in [0.2, 0.25) is 0 Å². The summed E-state index contributed by atoms with van der Waals surface area (Å²) < 4.78 is 0. The summed E-state index contributed by atoms with van der Waals surface area (Å²) >= 11 is 1.89. The molecule has 0 aliphatic rings. The Labute approximate surface area is 126 Å². The van der Waals surface area contributed by atoms with Gasteiger partial charge in [-0.2, -0.15) is 0 Å². The summed E-state index contributed by atoms with van der Waals surface area (Å²) in [5.41, 5.74) is 2.42. The van der Waals surface area contributed by atoms with E-state index in [1.54, 1.807) is 0 Å². The maximum absolute atomic E-state index is 4.92. The van der Waals surface area contributed by atoms with Crippen LogP contribution in [-0.2, 0) is 6.42 Å². The zero-order chi connectivity index (χ0) is 14.4. The van der Waals surface area contributed by atoms with Gasteiger partial charge < -0.3 is 5.32 Å². The smallest absolute Gasteiger partial charge is 0.0963 e. The van der Waals surface area contributed by atoms with Crippen LogP contribution < -0.4 is 5.32 Å². The highest BCUT2D eigenvalue weighted by Gasteiger charge is 2.15. The maximum atomic E-state index is 4.92. The highest BCUT2D eigenvalue weighted by molar-refractivity contribution is 7.12. The quantitative estimate of drug-likeness (QED) is 0.760. The molecule has 0 aliphatic carbocycles. The minimum Gasteiger partial charge on any atom is -0.317 e. The van der Waals surface area contributed by atoms with E-state index in [0.29, 0.717) is 5.92 Å². The zero-order valence-electron chi connectivity index (χ0n) is 12.6. The highest BCUT2D eigenvalue weighted by Crippen LogP contribution is 2.33. The van der Waals surface area contributed by atoms with E-state index < -0.39 is 0 Å². The fourth-order valence-electron chi connectivity index (χ4n) is 2.13. The summed E-state index contributed by atoms with van der Waals surface area (Å²) in [6.45, 7) is 8.69. The molecule has 2 aromatic rings. The van der Waals surface area contributed by atoms with Crippen LogP contribution in [0.15, 0.2) is 30.3 Å². The summed E-state index contributed by atoms with van der Waals surface area (Å²) in [5, 5.41) is 4.68. The number of likely N-dealkylation sites (N-methyl/N-ethyl adjacent to an activating group) is 1. The minimum atomic E-state index is 0.551. The normalized spacial score (nSPS) is 12.6. The first-order chi connectivity index (χ1) is 9.76. The van der Waals surface area contributed by atoms with Crippen molar-refractivity contribution >= 4 is 11.3 Å². The van der Waals surface area contributed by atoms with Crippen molar-refractivity contribution in [3.63, 3.8) is 0 Å². The molecule has 1 aromatic heterocycles. The van der Waals surface area contributed by atoms with Gasteiger partial charge in [0.1, 0.15) is 0 Å². The SMILES string of the molecule is CCNCCc1sc(C(C)CC)nc1-c1ccccc1. The van der Waals surface area contributed by atoms with Gasteiger partial charge in [0, 0.05) is 22.9 Å². The molecule has 20 heavy (non-hydrogen) atoms. The first-order valence-corrected chi connectivity index (χ1v) is 8.33. The molecule has 0 radical (unpaired) electrons. The van der Waals surface area contributed by atoms with Crippen molar-refractivity contribution in [1.29, 1.82) is 0 Å². The number of benzene rings is 1. The molecule has 1 aromatic carbocycles. The van der Waals surface area contributed by atoms with Crippen LogP contribution in [0.5, 0.6) is 0 Å². The van der Waals surface area contributed by atoms with Crippen LogP contribution in [0.1, 0.15) is 43.0 Å². The maximum Gasteiger partial charge on any atom is 0.0963 e. The molecule has 1 atom stereocenters. The van der Waals surface area contributed by atoms with Gasteiger partial charge >= 0.3 is 0 Å². The molecule has 0 fully saturated rings. The Bertz CT molecular complexity index is 519. The fourth-order valence-corrected chi connectivity index (χ4v) is 3.35. The van der Waals surface area contributed by atoms with Crippen molar-refractivity contribution in [3.8, 4) is 11.3 Å². The third kappa shape index (κ3) is 3.68. The second-order valence-electron chi connectivity index (χ2n) is 5.10. The number of nitrogens with one attached hydrogen (secondary N) is 1. The van der Waals surface area contributed by atoms with Gasteiger partial charge in [-0.05, 0) is 19.4 Å². The molecule has 0 saturated carbocycles. The average Bonchev–Trinajstić information content (AvgIpc) is 2.92. The van der Waals surface area contributed by atoms with E-state index in [-0.39, 0.29) is 0 Å². The van der Waals surface area contributed by atoms with Crippen molar-refractivity contribution in [1.82, 2.24) is 10.3 Å². The van der Waals surface area contributed by atoms with Gasteiger partial charge in [0.2, 0.25) is 0 Å². The number of hydrogen-bond acceptors (Lipinski definition) is 3. The first-order valence-electron chi connectivity index (χ1n) is 7.52. The third-order valence-corrected chi connectivity index (χ3v) is 4.92. The van der Waals surface area contributed by atoms with E-state index in [9.17, 15) is 0 Å². The molecule has 0 saturated heterocycles.